The van der Waals surface area contributed by atoms with Crippen molar-refractivity contribution in [3.8, 4) is 11.5 Å². The number of hydrogen-bond donors (Lipinski definition) is 2. The Morgan fingerprint density at radius 2 is 1.90 bits per heavy atom. The van der Waals surface area contributed by atoms with Crippen LogP contribution in [0.5, 0.6) is 11.5 Å². The fourth-order valence-electron chi connectivity index (χ4n) is 2.57. The van der Waals surface area contributed by atoms with Crippen LogP contribution in [0.25, 0.3) is 0 Å². The third-order valence-corrected chi connectivity index (χ3v) is 3.72. The van der Waals surface area contributed by atoms with Gasteiger partial charge in [-0.1, -0.05) is 0 Å². The molecule has 0 spiro atoms. The summed E-state index contributed by atoms with van der Waals surface area (Å²) in [5.41, 5.74) is 0.776. The van der Waals surface area contributed by atoms with Gasteiger partial charge in [0.1, 0.15) is 0 Å². The first kappa shape index (κ1) is 13.2. The van der Waals surface area contributed by atoms with Crippen LogP contribution < -0.4 is 20.1 Å². The number of benzene rings is 1. The van der Waals surface area contributed by atoms with Crippen molar-refractivity contribution in [2.24, 2.45) is 5.92 Å². The van der Waals surface area contributed by atoms with Crippen molar-refractivity contribution in [1.29, 1.82) is 0 Å². The number of hydrogen-bond acceptors (Lipinski definition) is 4. The van der Waals surface area contributed by atoms with E-state index < -0.39 is 0 Å². The third-order valence-electron chi connectivity index (χ3n) is 3.72. The van der Waals surface area contributed by atoms with E-state index in [1.807, 2.05) is 18.2 Å². The topological polar surface area (TPSA) is 59.6 Å². The Morgan fingerprint density at radius 1 is 1.15 bits per heavy atom. The Labute approximate surface area is 118 Å². The van der Waals surface area contributed by atoms with Gasteiger partial charge >= 0.3 is 0 Å². The van der Waals surface area contributed by atoms with Crippen LogP contribution in [0.1, 0.15) is 19.3 Å². The van der Waals surface area contributed by atoms with Gasteiger partial charge in [0.05, 0.1) is 13.2 Å². The molecule has 5 nitrogen and oxygen atoms in total. The Hall–Kier alpha value is -1.75. The van der Waals surface area contributed by atoms with Gasteiger partial charge in [-0.05, 0) is 38.1 Å². The number of carbonyl (C=O) groups excluding carboxylic acids is 1. The highest BCUT2D eigenvalue weighted by Gasteiger charge is 2.21. The molecule has 1 aromatic rings. The van der Waals surface area contributed by atoms with Crippen LogP contribution in [0.4, 0.5) is 5.69 Å². The molecule has 2 aliphatic heterocycles. The Bertz CT molecular complexity index is 484. The predicted octanol–water partition coefficient (Wildman–Crippen LogP) is 1.79. The van der Waals surface area contributed by atoms with Crippen molar-refractivity contribution in [2.45, 2.75) is 19.3 Å². The van der Waals surface area contributed by atoms with Crippen LogP contribution in [0.3, 0.4) is 0 Å². The van der Waals surface area contributed by atoms with Gasteiger partial charge in [0, 0.05) is 24.1 Å². The standard InChI is InChI=1S/C15H20N2O3/c18-15(11-4-6-16-7-5-11)17-12-2-3-13-14(10-12)20-9-1-8-19-13/h2-3,10-11,16H,1,4-9H2,(H,17,18). The van der Waals surface area contributed by atoms with E-state index in [0.717, 1.165) is 43.8 Å². The summed E-state index contributed by atoms with van der Waals surface area (Å²) in [5.74, 6) is 1.67. The number of carbonyl (C=O) groups is 1. The maximum atomic E-state index is 12.2. The molecule has 5 heteroatoms. The number of piperidine rings is 1. The van der Waals surface area contributed by atoms with Gasteiger partial charge in [0.15, 0.2) is 11.5 Å². The molecule has 0 bridgehead atoms. The van der Waals surface area contributed by atoms with E-state index in [0.29, 0.717) is 19.0 Å². The number of rotatable bonds is 2. The second-order valence-electron chi connectivity index (χ2n) is 5.23. The smallest absolute Gasteiger partial charge is 0.227 e. The van der Waals surface area contributed by atoms with Crippen LogP contribution >= 0.6 is 0 Å². The largest absolute Gasteiger partial charge is 0.490 e. The lowest BCUT2D eigenvalue weighted by molar-refractivity contribution is -0.120. The average molecular weight is 276 g/mol. The van der Waals surface area contributed by atoms with Gasteiger partial charge in [-0.25, -0.2) is 0 Å². The maximum absolute atomic E-state index is 12.2. The average Bonchev–Trinajstić information content (AvgIpc) is 2.73. The van der Waals surface area contributed by atoms with E-state index in [2.05, 4.69) is 10.6 Å². The number of anilines is 1. The number of ether oxygens (including phenoxy) is 2. The summed E-state index contributed by atoms with van der Waals surface area (Å²) in [7, 11) is 0. The molecule has 20 heavy (non-hydrogen) atoms. The predicted molar refractivity (Wildman–Crippen MR) is 76.3 cm³/mol. The second-order valence-corrected chi connectivity index (χ2v) is 5.23. The maximum Gasteiger partial charge on any atom is 0.227 e. The molecule has 0 aliphatic carbocycles. The lowest BCUT2D eigenvalue weighted by Gasteiger charge is -2.22. The fourth-order valence-corrected chi connectivity index (χ4v) is 2.57. The summed E-state index contributed by atoms with van der Waals surface area (Å²) in [6.45, 7) is 3.16. The number of nitrogens with one attached hydrogen (secondary N) is 2. The zero-order valence-electron chi connectivity index (χ0n) is 11.5. The molecule has 0 radical (unpaired) electrons. The lowest BCUT2D eigenvalue weighted by atomic mass is 9.97. The Morgan fingerprint density at radius 3 is 2.70 bits per heavy atom. The summed E-state index contributed by atoms with van der Waals surface area (Å²) in [6.07, 6.45) is 2.68. The van der Waals surface area contributed by atoms with Gasteiger partial charge in [-0.15, -0.1) is 0 Å². The summed E-state index contributed by atoms with van der Waals surface area (Å²) in [5, 5.41) is 6.24. The first-order valence-corrected chi connectivity index (χ1v) is 7.24. The van der Waals surface area contributed by atoms with Gasteiger partial charge in [0.2, 0.25) is 5.91 Å². The van der Waals surface area contributed by atoms with Crippen molar-refractivity contribution < 1.29 is 14.3 Å². The van der Waals surface area contributed by atoms with Crippen molar-refractivity contribution in [2.75, 3.05) is 31.6 Å². The molecule has 0 atom stereocenters. The highest BCUT2D eigenvalue weighted by molar-refractivity contribution is 5.93. The molecule has 108 valence electrons. The Kier molecular flexibility index (Phi) is 4.06. The minimum Gasteiger partial charge on any atom is -0.490 e. The van der Waals surface area contributed by atoms with Crippen LogP contribution in [0, 0.1) is 5.92 Å². The summed E-state index contributed by atoms with van der Waals surface area (Å²) >= 11 is 0. The van der Waals surface area contributed by atoms with Gasteiger partial charge < -0.3 is 20.1 Å². The van der Waals surface area contributed by atoms with Crippen molar-refractivity contribution in [1.82, 2.24) is 5.32 Å². The molecular formula is C15H20N2O3. The molecule has 0 unspecified atom stereocenters. The molecule has 1 fully saturated rings. The number of amides is 1. The SMILES string of the molecule is O=C(Nc1ccc2c(c1)OCCCO2)C1CCNCC1. The van der Waals surface area contributed by atoms with Gasteiger partial charge in [-0.2, -0.15) is 0 Å². The lowest BCUT2D eigenvalue weighted by Crippen LogP contribution is -2.34. The monoisotopic (exact) mass is 276 g/mol. The number of fused-ring (bicyclic) bond motifs is 1. The molecule has 1 aromatic carbocycles. The van der Waals surface area contributed by atoms with E-state index in [1.165, 1.54) is 0 Å². The fraction of sp³-hybridized carbons (Fsp3) is 0.533. The van der Waals surface area contributed by atoms with Crippen LogP contribution in [-0.2, 0) is 4.79 Å². The molecule has 2 N–H and O–H groups in total. The van der Waals surface area contributed by atoms with Crippen LogP contribution in [0.15, 0.2) is 18.2 Å². The van der Waals surface area contributed by atoms with E-state index in [9.17, 15) is 4.79 Å². The minimum atomic E-state index is 0.0981. The minimum absolute atomic E-state index is 0.0981. The van der Waals surface area contributed by atoms with Crippen LogP contribution in [-0.4, -0.2) is 32.2 Å². The molecule has 2 aliphatic rings. The summed E-state index contributed by atoms with van der Waals surface area (Å²) < 4.78 is 11.2. The zero-order valence-corrected chi connectivity index (χ0v) is 11.5. The molecule has 1 amide bonds. The molecule has 2 heterocycles. The summed E-state index contributed by atoms with van der Waals surface area (Å²) in [6, 6.07) is 5.57. The normalized spacial score (nSPS) is 19.2. The first-order valence-electron chi connectivity index (χ1n) is 7.24. The highest BCUT2D eigenvalue weighted by Crippen LogP contribution is 2.32. The highest BCUT2D eigenvalue weighted by atomic mass is 16.5. The van der Waals surface area contributed by atoms with E-state index in [-0.39, 0.29) is 11.8 Å². The zero-order chi connectivity index (χ0) is 13.8. The van der Waals surface area contributed by atoms with E-state index >= 15 is 0 Å². The quantitative estimate of drug-likeness (QED) is 0.864. The van der Waals surface area contributed by atoms with Gasteiger partial charge in [0.25, 0.3) is 0 Å². The third kappa shape index (κ3) is 3.04. The first-order chi connectivity index (χ1) is 9.83. The van der Waals surface area contributed by atoms with Gasteiger partial charge in [-0.3, -0.25) is 4.79 Å². The van der Waals surface area contributed by atoms with Crippen molar-refractivity contribution >= 4 is 11.6 Å². The molecule has 0 saturated carbocycles. The van der Waals surface area contributed by atoms with Crippen LogP contribution in [0.2, 0.25) is 0 Å². The van der Waals surface area contributed by atoms with E-state index in [1.54, 1.807) is 0 Å². The van der Waals surface area contributed by atoms with E-state index in [4.69, 9.17) is 9.47 Å². The molecular weight excluding hydrogens is 256 g/mol. The molecule has 3 rings (SSSR count). The summed E-state index contributed by atoms with van der Waals surface area (Å²) in [4.78, 5) is 12.2. The van der Waals surface area contributed by atoms with Crippen molar-refractivity contribution in [3.05, 3.63) is 18.2 Å². The van der Waals surface area contributed by atoms with Crippen molar-refractivity contribution in [3.63, 3.8) is 0 Å². The second kappa shape index (κ2) is 6.13. The molecule has 1 saturated heterocycles. The molecule has 0 aromatic heterocycles. The Balaban J connectivity index is 1.68.